The van der Waals surface area contributed by atoms with Crippen LogP contribution in [0.1, 0.15) is 24.5 Å². The van der Waals surface area contributed by atoms with Gasteiger partial charge < -0.3 is 14.6 Å². The molecule has 200 valence electrons. The van der Waals surface area contributed by atoms with E-state index in [1.807, 2.05) is 42.5 Å². The fourth-order valence-corrected chi connectivity index (χ4v) is 5.94. The van der Waals surface area contributed by atoms with Gasteiger partial charge in [-0.1, -0.05) is 30.0 Å². The van der Waals surface area contributed by atoms with Gasteiger partial charge in [-0.25, -0.2) is 18.6 Å². The maximum atomic E-state index is 11.9. The average molecular weight is 556 g/mol. The van der Waals surface area contributed by atoms with Gasteiger partial charge in [0.2, 0.25) is 10.0 Å². The number of fused-ring (bicyclic) bond motifs is 1. The maximum absolute atomic E-state index is 11.9. The molecule has 2 atom stereocenters. The van der Waals surface area contributed by atoms with E-state index in [4.69, 9.17) is 10.2 Å². The number of hydrogen-bond donors (Lipinski definition) is 2. The Kier molecular flexibility index (Phi) is 8.47. The van der Waals surface area contributed by atoms with E-state index in [1.165, 1.54) is 6.07 Å². The zero-order chi connectivity index (χ0) is 27.4. The van der Waals surface area contributed by atoms with E-state index < -0.39 is 33.3 Å². The molecule has 0 saturated carbocycles. The highest BCUT2D eigenvalue weighted by Crippen LogP contribution is 2.24. The van der Waals surface area contributed by atoms with Crippen LogP contribution in [0.25, 0.3) is 10.8 Å². The maximum Gasteiger partial charge on any atom is 0.305 e. The van der Waals surface area contributed by atoms with E-state index in [0.29, 0.717) is 37.1 Å². The number of hydrazine groups is 1. The van der Waals surface area contributed by atoms with Gasteiger partial charge in [-0.15, -0.1) is 0 Å². The minimum Gasteiger partial charge on any atom is -0.759 e. The molecule has 1 aliphatic heterocycles. The first-order valence-electron chi connectivity index (χ1n) is 11.8. The monoisotopic (exact) mass is 555 g/mol. The first kappa shape index (κ1) is 27.7. The van der Waals surface area contributed by atoms with E-state index in [-0.39, 0.29) is 11.3 Å². The van der Waals surface area contributed by atoms with Gasteiger partial charge in [0.1, 0.15) is 0 Å². The van der Waals surface area contributed by atoms with Crippen molar-refractivity contribution < 1.29 is 27.1 Å². The molecule has 1 saturated heterocycles. The van der Waals surface area contributed by atoms with Crippen molar-refractivity contribution in [2.75, 3.05) is 31.1 Å². The van der Waals surface area contributed by atoms with Crippen LogP contribution in [0.5, 0.6) is 0 Å². The van der Waals surface area contributed by atoms with Gasteiger partial charge in [-0.05, 0) is 54.8 Å². The number of carboxylic acid groups (broad SMARTS) is 1. The van der Waals surface area contributed by atoms with Crippen molar-refractivity contribution in [2.45, 2.75) is 24.3 Å². The molecule has 12 heteroatoms. The van der Waals surface area contributed by atoms with Gasteiger partial charge in [0.05, 0.1) is 11.3 Å². The minimum atomic E-state index is -3.86. The second-order valence-corrected chi connectivity index (χ2v) is 11.3. The summed E-state index contributed by atoms with van der Waals surface area (Å²) < 4.78 is 48.4. The molecule has 1 heterocycles. The Morgan fingerprint density at radius 3 is 2.32 bits per heavy atom. The molecule has 0 aromatic heterocycles. The van der Waals surface area contributed by atoms with Gasteiger partial charge in [-0.3, -0.25) is 9.00 Å². The third-order valence-corrected chi connectivity index (χ3v) is 8.13. The number of primary sulfonamides is 1. The summed E-state index contributed by atoms with van der Waals surface area (Å²) in [4.78, 5) is 13.2. The van der Waals surface area contributed by atoms with E-state index in [1.54, 1.807) is 24.1 Å². The Morgan fingerprint density at radius 1 is 1.08 bits per heavy atom. The molecule has 0 bridgehead atoms. The molecule has 10 nitrogen and oxygen atoms in total. The molecule has 3 aromatic carbocycles. The number of nitrogens with zero attached hydrogens (tertiary/aromatic N) is 3. The zero-order valence-electron chi connectivity index (χ0n) is 20.6. The molecular weight excluding hydrogens is 528 g/mol. The Balaban J connectivity index is 1.43. The van der Waals surface area contributed by atoms with Crippen LogP contribution >= 0.6 is 0 Å². The summed E-state index contributed by atoms with van der Waals surface area (Å²) >= 11 is -2.56. The van der Waals surface area contributed by atoms with Crippen LogP contribution in [0.3, 0.4) is 0 Å². The van der Waals surface area contributed by atoms with Crippen molar-refractivity contribution in [2.24, 2.45) is 5.14 Å². The Bertz CT molecular complexity index is 1520. The zero-order valence-corrected chi connectivity index (χ0v) is 22.2. The van der Waals surface area contributed by atoms with Gasteiger partial charge >= 0.3 is 5.97 Å². The molecule has 1 aliphatic rings. The largest absolute Gasteiger partial charge is 0.759 e. The van der Waals surface area contributed by atoms with Crippen LogP contribution in [0.2, 0.25) is 0 Å². The third-order valence-electron chi connectivity index (χ3n) is 6.27. The summed E-state index contributed by atoms with van der Waals surface area (Å²) in [5, 5.41) is 17.3. The van der Waals surface area contributed by atoms with Crippen molar-refractivity contribution in [3.05, 3.63) is 71.8 Å². The Labute approximate surface area is 224 Å². The molecule has 0 radical (unpaired) electrons. The second kappa shape index (κ2) is 11.6. The van der Waals surface area contributed by atoms with Crippen LogP contribution in [-0.4, -0.2) is 69.9 Å². The van der Waals surface area contributed by atoms with Crippen LogP contribution in [-0.2, 0) is 26.1 Å². The summed E-state index contributed by atoms with van der Waals surface area (Å²) in [6.07, 6.45) is -0.275. The number of sulfonamides is 1. The fourth-order valence-electron chi connectivity index (χ4n) is 4.47. The lowest BCUT2D eigenvalue weighted by atomic mass is 10.1. The molecule has 0 aliphatic carbocycles. The molecule has 3 aromatic rings. The van der Waals surface area contributed by atoms with E-state index >= 15 is 0 Å². The predicted molar refractivity (Wildman–Crippen MR) is 144 cm³/mol. The lowest BCUT2D eigenvalue weighted by molar-refractivity contribution is -0.139. The SMILES string of the molecule is CC(CC(=O)O)N(N1CCN(c2ccc(C#Cc3ccc4cccc(S(N)(=O)=O)c4c3)cc2)CC1)S(=O)[O-]. The van der Waals surface area contributed by atoms with Gasteiger partial charge in [0.15, 0.2) is 0 Å². The molecule has 0 spiro atoms. The number of piperazine rings is 1. The van der Waals surface area contributed by atoms with Crippen molar-refractivity contribution in [1.29, 1.82) is 0 Å². The number of rotatable bonds is 7. The first-order chi connectivity index (χ1) is 18.0. The van der Waals surface area contributed by atoms with Gasteiger partial charge in [-0.2, -0.15) is 4.41 Å². The third kappa shape index (κ3) is 6.57. The highest BCUT2D eigenvalue weighted by Gasteiger charge is 2.28. The molecule has 0 amide bonds. The normalized spacial score (nSPS) is 16.2. The molecule has 38 heavy (non-hydrogen) atoms. The smallest absolute Gasteiger partial charge is 0.305 e. The van der Waals surface area contributed by atoms with Crippen molar-refractivity contribution in [1.82, 2.24) is 9.42 Å². The summed E-state index contributed by atoms with van der Waals surface area (Å²) in [7, 11) is -3.86. The lowest BCUT2D eigenvalue weighted by Crippen LogP contribution is -2.57. The highest BCUT2D eigenvalue weighted by atomic mass is 32.2. The van der Waals surface area contributed by atoms with Crippen LogP contribution in [0.15, 0.2) is 65.6 Å². The molecule has 1 fully saturated rings. The number of aliphatic carboxylic acids is 1. The van der Waals surface area contributed by atoms with Crippen LogP contribution in [0, 0.1) is 11.8 Å². The molecule has 3 N–H and O–H groups in total. The summed E-state index contributed by atoms with van der Waals surface area (Å²) in [5.41, 5.74) is 2.40. The quantitative estimate of drug-likeness (QED) is 0.332. The Morgan fingerprint density at radius 2 is 1.71 bits per heavy atom. The van der Waals surface area contributed by atoms with E-state index in [2.05, 4.69) is 16.7 Å². The molecule has 2 unspecified atom stereocenters. The second-order valence-electron chi connectivity index (χ2n) is 8.94. The molecule has 4 rings (SSSR count). The summed E-state index contributed by atoms with van der Waals surface area (Å²) in [6.45, 7) is 3.58. The van der Waals surface area contributed by atoms with Crippen LogP contribution in [0.4, 0.5) is 5.69 Å². The average Bonchev–Trinajstić information content (AvgIpc) is 2.86. The first-order valence-corrected chi connectivity index (χ1v) is 14.4. The van der Waals surface area contributed by atoms with Crippen molar-refractivity contribution >= 4 is 43.7 Å². The number of nitrogens with two attached hydrogens (primary N) is 1. The fraction of sp³-hybridized carbons (Fsp3) is 0.269. The van der Waals surface area contributed by atoms with Crippen molar-refractivity contribution in [3.63, 3.8) is 0 Å². The Hall–Kier alpha value is -3.31. The van der Waals surface area contributed by atoms with Gasteiger partial charge in [0.25, 0.3) is 0 Å². The lowest BCUT2D eigenvalue weighted by Gasteiger charge is -2.44. The van der Waals surface area contributed by atoms with Gasteiger partial charge in [0, 0.05) is 65.7 Å². The highest BCUT2D eigenvalue weighted by molar-refractivity contribution is 7.89. The number of carboxylic acids is 1. The predicted octanol–water partition coefficient (Wildman–Crippen LogP) is 1.88. The minimum absolute atomic E-state index is 0.0593. The number of hydrogen-bond acceptors (Lipinski definition) is 7. The molecular formula is C26H27N4O6S2-. The summed E-state index contributed by atoms with van der Waals surface area (Å²) in [5.74, 6) is 5.12. The van der Waals surface area contributed by atoms with Crippen LogP contribution < -0.4 is 10.0 Å². The number of anilines is 1. The van der Waals surface area contributed by atoms with E-state index in [9.17, 15) is 22.0 Å². The van der Waals surface area contributed by atoms with Crippen molar-refractivity contribution in [3.8, 4) is 11.8 Å². The van der Waals surface area contributed by atoms with E-state index in [0.717, 1.165) is 21.1 Å². The topological polar surface area (TPSA) is 147 Å². The number of benzene rings is 3. The summed E-state index contributed by atoms with van der Waals surface area (Å²) in [6, 6.07) is 17.3. The standard InChI is InChI=1S/C26H28N4O6S2/c1-19(17-26(31)32)30(37(33)34)29-15-13-28(14-16-29)23-11-8-20(9-12-23)5-6-21-7-10-22-3-2-4-25(24(22)18-21)38(27,35)36/h2-4,7-12,18-19H,13-17H2,1H3,(H,31,32)(H,33,34)(H2,27,35,36)/p-1. The number of carbonyl (C=O) groups is 1.